The molecule has 0 radical (unpaired) electrons. The lowest BCUT2D eigenvalue weighted by atomic mass is 9.89. The summed E-state index contributed by atoms with van der Waals surface area (Å²) in [5.41, 5.74) is 1.99. The number of hydrogen-bond acceptors (Lipinski definition) is 3. The smallest absolute Gasteiger partial charge is 0.346 e. The highest BCUT2D eigenvalue weighted by Crippen LogP contribution is 2.36. The molecular weight excluding hydrogens is 477 g/mol. The zero-order chi connectivity index (χ0) is 25.9. The molecule has 6 heteroatoms. The van der Waals surface area contributed by atoms with Crippen LogP contribution in [0.15, 0.2) is 66.4 Å². The molecule has 0 aromatic heterocycles. The van der Waals surface area contributed by atoms with E-state index in [1.807, 2.05) is 6.08 Å². The molecule has 5 rings (SSSR count). The number of carbonyl (C=O) groups is 1. The molecule has 0 N–H and O–H groups in total. The Hall–Kier alpha value is -3.38. The van der Waals surface area contributed by atoms with Crippen LogP contribution in [-0.2, 0) is 9.47 Å². The van der Waals surface area contributed by atoms with E-state index in [1.54, 1.807) is 36.4 Å². The highest BCUT2D eigenvalue weighted by Gasteiger charge is 2.30. The van der Waals surface area contributed by atoms with Gasteiger partial charge in [0.2, 0.25) is 0 Å². The van der Waals surface area contributed by atoms with E-state index in [9.17, 15) is 18.0 Å². The van der Waals surface area contributed by atoms with Gasteiger partial charge in [0.15, 0.2) is 11.6 Å². The van der Waals surface area contributed by atoms with Crippen LogP contribution >= 0.6 is 0 Å². The number of ether oxygens (including phenoxy) is 2. The van der Waals surface area contributed by atoms with Gasteiger partial charge in [-0.3, -0.25) is 0 Å². The number of hydrogen-bond donors (Lipinski definition) is 0. The number of halogens is 3. The van der Waals surface area contributed by atoms with E-state index in [0.29, 0.717) is 41.4 Å². The lowest BCUT2D eigenvalue weighted by Gasteiger charge is -2.21. The van der Waals surface area contributed by atoms with Crippen LogP contribution in [0.3, 0.4) is 0 Å². The van der Waals surface area contributed by atoms with Gasteiger partial charge in [-0.25, -0.2) is 18.0 Å². The van der Waals surface area contributed by atoms with E-state index in [1.165, 1.54) is 37.5 Å². The lowest BCUT2D eigenvalue weighted by Crippen LogP contribution is -2.12. The van der Waals surface area contributed by atoms with Crippen LogP contribution in [0.5, 0.6) is 0 Å². The normalized spacial score (nSPS) is 18.9. The fraction of sp³-hybridized carbons (Fsp3) is 0.323. The average molecular weight is 507 g/mol. The van der Waals surface area contributed by atoms with Crippen molar-refractivity contribution in [2.24, 2.45) is 5.92 Å². The van der Waals surface area contributed by atoms with Gasteiger partial charge in [-0.1, -0.05) is 68.7 Å². The first kappa shape index (κ1) is 25.3. The quantitative estimate of drug-likeness (QED) is 0.227. The van der Waals surface area contributed by atoms with Crippen LogP contribution in [0, 0.1) is 23.4 Å². The molecule has 3 aromatic carbocycles. The van der Waals surface area contributed by atoms with Crippen molar-refractivity contribution in [2.45, 2.75) is 51.6 Å². The molecule has 0 saturated carbocycles. The number of epoxide rings is 1. The Morgan fingerprint density at radius 3 is 2.35 bits per heavy atom. The topological polar surface area (TPSA) is 38.8 Å². The molecule has 3 nitrogen and oxygen atoms in total. The number of esters is 1. The summed E-state index contributed by atoms with van der Waals surface area (Å²) < 4.78 is 54.4. The molecule has 37 heavy (non-hydrogen) atoms. The lowest BCUT2D eigenvalue weighted by molar-refractivity contribution is 0.0597. The minimum atomic E-state index is -0.917. The molecule has 0 spiro atoms. The highest BCUT2D eigenvalue weighted by atomic mass is 19.2. The van der Waals surface area contributed by atoms with Crippen molar-refractivity contribution in [3.63, 3.8) is 0 Å². The maximum Gasteiger partial charge on any atom is 0.346 e. The zero-order valence-corrected chi connectivity index (χ0v) is 20.7. The van der Waals surface area contributed by atoms with Crippen LogP contribution in [0.2, 0.25) is 0 Å². The Morgan fingerprint density at radius 1 is 0.973 bits per heavy atom. The molecule has 1 aliphatic carbocycles. The van der Waals surface area contributed by atoms with Gasteiger partial charge in [0.1, 0.15) is 17.7 Å². The monoisotopic (exact) mass is 506 g/mol. The third kappa shape index (κ3) is 5.64. The van der Waals surface area contributed by atoms with Crippen molar-refractivity contribution in [1.29, 1.82) is 0 Å². The minimum Gasteiger partial charge on any atom is -0.428 e. The molecule has 2 atom stereocenters. The summed E-state index contributed by atoms with van der Waals surface area (Å²) in [6.45, 7) is 2.57. The Labute approximate surface area is 214 Å². The standard InChI is InChI=1S/C31H29F3O3/c1-2-3-4-19-5-12-23(13-6-19)37-31(35)25-14-11-22(17-27(25)32)20-7-9-21(10-8-20)24-15-16-26(28-18-36-28)30(34)29(24)33/h7-12,14-17,19,28H,2-6,13,18H2,1H3. The van der Waals surface area contributed by atoms with Gasteiger partial charge in [0.25, 0.3) is 0 Å². The van der Waals surface area contributed by atoms with Gasteiger partial charge in [-0.2, -0.15) is 0 Å². The van der Waals surface area contributed by atoms with Crippen LogP contribution in [0.4, 0.5) is 13.2 Å². The average Bonchev–Trinajstić information content (AvgIpc) is 3.75. The second-order valence-electron chi connectivity index (χ2n) is 9.77. The van der Waals surface area contributed by atoms with Crippen molar-refractivity contribution in [3.8, 4) is 22.3 Å². The third-order valence-electron chi connectivity index (χ3n) is 7.18. The Balaban J connectivity index is 1.27. The molecular formula is C31H29F3O3. The maximum atomic E-state index is 14.9. The number of rotatable bonds is 8. The molecule has 192 valence electrons. The number of unbranched alkanes of at least 4 members (excludes halogenated alkanes) is 1. The largest absolute Gasteiger partial charge is 0.428 e. The molecule has 1 saturated heterocycles. The van der Waals surface area contributed by atoms with Crippen LogP contribution in [0.25, 0.3) is 22.3 Å². The second-order valence-corrected chi connectivity index (χ2v) is 9.77. The summed E-state index contributed by atoms with van der Waals surface area (Å²) in [6, 6.07) is 14.2. The molecule has 3 aromatic rings. The van der Waals surface area contributed by atoms with Crippen LogP contribution in [-0.4, -0.2) is 12.6 Å². The van der Waals surface area contributed by atoms with E-state index in [-0.39, 0.29) is 22.8 Å². The van der Waals surface area contributed by atoms with Crippen molar-refractivity contribution in [2.75, 3.05) is 6.61 Å². The predicted octanol–water partition coefficient (Wildman–Crippen LogP) is 8.54. The Kier molecular flexibility index (Phi) is 7.47. The fourth-order valence-corrected chi connectivity index (χ4v) is 4.85. The number of carbonyl (C=O) groups excluding carboxylic acids is 1. The molecule has 2 unspecified atom stereocenters. The number of allylic oxidation sites excluding steroid dienone is 2. The summed E-state index contributed by atoms with van der Waals surface area (Å²) in [7, 11) is 0. The highest BCUT2D eigenvalue weighted by molar-refractivity contribution is 5.91. The molecule has 1 aliphatic heterocycles. The SMILES string of the molecule is CCCCC1CC=C(OC(=O)c2ccc(-c3ccc(-c4ccc(C5CO5)c(F)c4F)cc3)cc2F)CC1. The predicted molar refractivity (Wildman–Crippen MR) is 136 cm³/mol. The molecule has 1 heterocycles. The zero-order valence-electron chi connectivity index (χ0n) is 20.7. The van der Waals surface area contributed by atoms with Gasteiger partial charge in [-0.15, -0.1) is 0 Å². The van der Waals surface area contributed by atoms with Crippen LogP contribution in [0.1, 0.15) is 67.5 Å². The first-order valence-corrected chi connectivity index (χ1v) is 12.9. The first-order chi connectivity index (χ1) is 17.9. The summed E-state index contributed by atoms with van der Waals surface area (Å²) in [6.07, 6.45) is 7.69. The van der Waals surface area contributed by atoms with Gasteiger partial charge >= 0.3 is 5.97 Å². The summed E-state index contributed by atoms with van der Waals surface area (Å²) in [5, 5.41) is 0. The molecule has 0 amide bonds. The van der Waals surface area contributed by atoms with E-state index in [0.717, 1.165) is 12.8 Å². The Bertz CT molecular complexity index is 1330. The third-order valence-corrected chi connectivity index (χ3v) is 7.18. The van der Waals surface area contributed by atoms with Crippen molar-refractivity contribution < 1.29 is 27.4 Å². The summed E-state index contributed by atoms with van der Waals surface area (Å²) in [4.78, 5) is 12.6. The maximum absolute atomic E-state index is 14.9. The first-order valence-electron chi connectivity index (χ1n) is 12.9. The van der Waals surface area contributed by atoms with E-state index >= 15 is 0 Å². The van der Waals surface area contributed by atoms with Crippen LogP contribution < -0.4 is 0 Å². The van der Waals surface area contributed by atoms with Crippen molar-refractivity contribution in [3.05, 3.63) is 95.0 Å². The van der Waals surface area contributed by atoms with Gasteiger partial charge in [-0.05, 0) is 53.7 Å². The minimum absolute atomic E-state index is 0.119. The van der Waals surface area contributed by atoms with E-state index < -0.39 is 23.4 Å². The van der Waals surface area contributed by atoms with Gasteiger partial charge in [0, 0.05) is 17.5 Å². The second kappa shape index (κ2) is 10.9. The van der Waals surface area contributed by atoms with Gasteiger partial charge < -0.3 is 9.47 Å². The molecule has 1 fully saturated rings. The molecule has 0 bridgehead atoms. The molecule has 2 aliphatic rings. The van der Waals surface area contributed by atoms with Crippen molar-refractivity contribution >= 4 is 5.97 Å². The fourth-order valence-electron chi connectivity index (χ4n) is 4.85. The van der Waals surface area contributed by atoms with Crippen molar-refractivity contribution in [1.82, 2.24) is 0 Å². The van der Waals surface area contributed by atoms with E-state index in [2.05, 4.69) is 6.92 Å². The number of benzene rings is 3. The Morgan fingerprint density at radius 2 is 1.70 bits per heavy atom. The summed E-state index contributed by atoms with van der Waals surface area (Å²) in [5.74, 6) is -1.95. The van der Waals surface area contributed by atoms with Gasteiger partial charge in [0.05, 0.1) is 12.2 Å². The van der Waals surface area contributed by atoms with E-state index in [4.69, 9.17) is 9.47 Å². The summed E-state index contributed by atoms with van der Waals surface area (Å²) >= 11 is 0.